The highest BCUT2D eigenvalue weighted by atomic mass is 19.1. The van der Waals surface area contributed by atoms with E-state index in [0.717, 1.165) is 17.0 Å². The maximum absolute atomic E-state index is 13.1. The van der Waals surface area contributed by atoms with Crippen LogP contribution in [0, 0.1) is 5.82 Å². The van der Waals surface area contributed by atoms with Gasteiger partial charge in [0.2, 0.25) is 0 Å². The molecule has 4 N–H and O–H groups in total. The molecule has 1 amide bonds. The lowest BCUT2D eigenvalue weighted by Crippen LogP contribution is -2.40. The lowest BCUT2D eigenvalue weighted by atomic mass is 10.1. The van der Waals surface area contributed by atoms with Crippen LogP contribution in [0.15, 0.2) is 18.2 Å². The summed E-state index contributed by atoms with van der Waals surface area (Å²) in [5.41, 5.74) is 5.56. The molecule has 1 aliphatic rings. The largest absolute Gasteiger partial charge is 0.480 e. The average molecular weight is 268 g/mol. The van der Waals surface area contributed by atoms with Crippen LogP contribution in [-0.2, 0) is 4.79 Å². The number of carboxylic acids is 1. The number of nitrogen functional groups attached to an aromatic ring is 1. The minimum atomic E-state index is -1.21. The van der Waals surface area contributed by atoms with Crippen LogP contribution in [0.5, 0.6) is 0 Å². The van der Waals surface area contributed by atoms with Gasteiger partial charge in [-0.25, -0.2) is 9.18 Å². The predicted octanol–water partition coefficient (Wildman–Crippen LogP) is 0.0679. The van der Waals surface area contributed by atoms with Gasteiger partial charge in [-0.1, -0.05) is 0 Å². The molecule has 1 aromatic rings. The molecule has 0 radical (unpaired) electrons. The molecule has 2 unspecified atom stereocenters. The van der Waals surface area contributed by atoms with E-state index in [1.807, 2.05) is 0 Å². The summed E-state index contributed by atoms with van der Waals surface area (Å²) in [6, 6.07) is 2.19. The van der Waals surface area contributed by atoms with Crippen molar-refractivity contribution in [2.45, 2.75) is 18.6 Å². The highest BCUT2D eigenvalue weighted by molar-refractivity contribution is 6.01. The van der Waals surface area contributed by atoms with Crippen molar-refractivity contribution in [2.24, 2.45) is 0 Å². The van der Waals surface area contributed by atoms with E-state index in [4.69, 9.17) is 10.8 Å². The van der Waals surface area contributed by atoms with E-state index in [1.54, 1.807) is 0 Å². The Morgan fingerprint density at radius 3 is 2.74 bits per heavy atom. The maximum Gasteiger partial charge on any atom is 0.326 e. The molecule has 0 bridgehead atoms. The smallest absolute Gasteiger partial charge is 0.326 e. The zero-order chi connectivity index (χ0) is 14.2. The Balaban J connectivity index is 2.33. The second-order valence-corrected chi connectivity index (χ2v) is 4.43. The highest BCUT2D eigenvalue weighted by Crippen LogP contribution is 2.23. The molecule has 0 saturated carbocycles. The Morgan fingerprint density at radius 1 is 1.42 bits per heavy atom. The first kappa shape index (κ1) is 13.3. The van der Waals surface area contributed by atoms with Crippen molar-refractivity contribution >= 4 is 17.6 Å². The number of aliphatic hydroxyl groups is 1. The second-order valence-electron chi connectivity index (χ2n) is 4.43. The molecule has 0 aliphatic carbocycles. The third-order valence-electron chi connectivity index (χ3n) is 3.07. The molecule has 7 heteroatoms. The molecule has 0 aromatic heterocycles. The van der Waals surface area contributed by atoms with Crippen molar-refractivity contribution in [1.82, 2.24) is 4.90 Å². The summed E-state index contributed by atoms with van der Waals surface area (Å²) in [4.78, 5) is 24.2. The average Bonchev–Trinajstić information content (AvgIpc) is 2.74. The zero-order valence-electron chi connectivity index (χ0n) is 9.91. The van der Waals surface area contributed by atoms with Crippen molar-refractivity contribution in [1.29, 1.82) is 0 Å². The first-order chi connectivity index (χ1) is 8.90. The van der Waals surface area contributed by atoms with Gasteiger partial charge >= 0.3 is 5.97 Å². The number of benzene rings is 1. The third kappa shape index (κ3) is 2.50. The summed E-state index contributed by atoms with van der Waals surface area (Å²) < 4.78 is 13.1. The minimum absolute atomic E-state index is 0.0453. The van der Waals surface area contributed by atoms with Gasteiger partial charge in [0.05, 0.1) is 11.7 Å². The lowest BCUT2D eigenvalue weighted by molar-refractivity contribution is -0.141. The van der Waals surface area contributed by atoms with Gasteiger partial charge in [-0.2, -0.15) is 0 Å². The first-order valence-electron chi connectivity index (χ1n) is 5.67. The summed E-state index contributed by atoms with van der Waals surface area (Å²) in [6.45, 7) is -0.105. The number of likely N-dealkylation sites (tertiary alicyclic amines) is 1. The Bertz CT molecular complexity index is 534. The number of amides is 1. The van der Waals surface area contributed by atoms with E-state index in [2.05, 4.69) is 0 Å². The molecule has 1 heterocycles. The van der Waals surface area contributed by atoms with Crippen molar-refractivity contribution in [3.8, 4) is 0 Å². The minimum Gasteiger partial charge on any atom is -0.480 e. The summed E-state index contributed by atoms with van der Waals surface area (Å²) in [6.07, 6.45) is -0.948. The molecule has 102 valence electrons. The van der Waals surface area contributed by atoms with E-state index >= 15 is 0 Å². The fourth-order valence-electron chi connectivity index (χ4n) is 2.14. The number of rotatable bonds is 2. The quantitative estimate of drug-likeness (QED) is 0.658. The molecule has 1 fully saturated rings. The van der Waals surface area contributed by atoms with Gasteiger partial charge in [-0.3, -0.25) is 4.79 Å². The van der Waals surface area contributed by atoms with Crippen molar-refractivity contribution in [3.63, 3.8) is 0 Å². The Hall–Kier alpha value is -2.15. The number of nitrogens with two attached hydrogens (primary N) is 1. The summed E-state index contributed by atoms with van der Waals surface area (Å²) in [7, 11) is 0. The van der Waals surface area contributed by atoms with Gasteiger partial charge in [0.15, 0.2) is 0 Å². The number of carboxylic acid groups (broad SMARTS) is 1. The molecule has 19 heavy (non-hydrogen) atoms. The molecule has 6 nitrogen and oxygen atoms in total. The van der Waals surface area contributed by atoms with Crippen LogP contribution in [0.4, 0.5) is 10.1 Å². The van der Waals surface area contributed by atoms with E-state index < -0.39 is 29.8 Å². The molecule has 1 aromatic carbocycles. The molecule has 2 rings (SSSR count). The second kappa shape index (κ2) is 4.85. The Morgan fingerprint density at radius 2 is 2.11 bits per heavy atom. The Labute approximate surface area is 108 Å². The number of anilines is 1. The van der Waals surface area contributed by atoms with Gasteiger partial charge in [-0.15, -0.1) is 0 Å². The van der Waals surface area contributed by atoms with Crippen LogP contribution in [0.25, 0.3) is 0 Å². The number of aliphatic hydroxyl groups excluding tert-OH is 1. The molecule has 1 saturated heterocycles. The Kier molecular flexibility index (Phi) is 3.39. The lowest BCUT2D eigenvalue weighted by Gasteiger charge is -2.21. The van der Waals surface area contributed by atoms with Crippen LogP contribution >= 0.6 is 0 Å². The van der Waals surface area contributed by atoms with Crippen molar-refractivity contribution in [2.75, 3.05) is 12.3 Å². The molecular formula is C12H13FN2O4. The van der Waals surface area contributed by atoms with Crippen LogP contribution in [0.1, 0.15) is 16.8 Å². The molecule has 2 atom stereocenters. The highest BCUT2D eigenvalue weighted by Gasteiger charge is 2.39. The molecule has 1 aliphatic heterocycles. The van der Waals surface area contributed by atoms with Crippen molar-refractivity contribution < 1.29 is 24.2 Å². The normalized spacial score (nSPS) is 22.5. The van der Waals surface area contributed by atoms with E-state index in [9.17, 15) is 19.1 Å². The van der Waals surface area contributed by atoms with Gasteiger partial charge in [0.25, 0.3) is 5.91 Å². The summed E-state index contributed by atoms with van der Waals surface area (Å²) in [5.74, 6) is -2.54. The monoisotopic (exact) mass is 268 g/mol. The van der Waals surface area contributed by atoms with Gasteiger partial charge in [-0.05, 0) is 18.2 Å². The van der Waals surface area contributed by atoms with E-state index in [1.165, 1.54) is 6.07 Å². The predicted molar refractivity (Wildman–Crippen MR) is 63.9 cm³/mol. The van der Waals surface area contributed by atoms with Gasteiger partial charge in [0, 0.05) is 18.7 Å². The number of β-amino-alcohol motifs (C(OH)–C–C–N with tert-alkyl or cyclic N) is 1. The molecule has 0 spiro atoms. The van der Waals surface area contributed by atoms with Crippen LogP contribution in [0.2, 0.25) is 0 Å². The number of hydrogen-bond acceptors (Lipinski definition) is 4. The van der Waals surface area contributed by atoms with Crippen LogP contribution in [-0.4, -0.2) is 45.7 Å². The third-order valence-corrected chi connectivity index (χ3v) is 3.07. The standard InChI is InChI=1S/C12H13FN2O4/c13-6-1-2-9(14)8(3-6)11(17)15-5-7(16)4-10(15)12(18)19/h1-3,7,10,16H,4-5,14H2,(H,18,19). The fourth-order valence-corrected chi connectivity index (χ4v) is 2.14. The topological polar surface area (TPSA) is 104 Å². The number of aliphatic carboxylic acids is 1. The molecular weight excluding hydrogens is 255 g/mol. The number of nitrogens with zero attached hydrogens (tertiary/aromatic N) is 1. The zero-order valence-corrected chi connectivity index (χ0v) is 9.91. The summed E-state index contributed by atoms with van der Waals surface area (Å²) in [5, 5.41) is 18.5. The van der Waals surface area contributed by atoms with Crippen molar-refractivity contribution in [3.05, 3.63) is 29.6 Å². The maximum atomic E-state index is 13.1. The number of hydrogen-bond donors (Lipinski definition) is 3. The SMILES string of the molecule is Nc1ccc(F)cc1C(=O)N1CC(O)CC1C(=O)O. The van der Waals surface area contributed by atoms with E-state index in [0.29, 0.717) is 0 Å². The number of carbonyl (C=O) groups excluding carboxylic acids is 1. The fraction of sp³-hybridized carbons (Fsp3) is 0.333. The number of halogens is 1. The van der Waals surface area contributed by atoms with Gasteiger partial charge < -0.3 is 20.8 Å². The van der Waals surface area contributed by atoms with E-state index in [-0.39, 0.29) is 24.2 Å². The first-order valence-corrected chi connectivity index (χ1v) is 5.67. The van der Waals surface area contributed by atoms with Crippen LogP contribution in [0.3, 0.4) is 0 Å². The van der Waals surface area contributed by atoms with Gasteiger partial charge in [0.1, 0.15) is 11.9 Å². The summed E-state index contributed by atoms with van der Waals surface area (Å²) >= 11 is 0. The van der Waals surface area contributed by atoms with Crippen LogP contribution < -0.4 is 5.73 Å². The number of carbonyl (C=O) groups is 2.